The highest BCUT2D eigenvalue weighted by atomic mass is 35.5. The quantitative estimate of drug-likeness (QED) is 0.870. The molecule has 0 saturated carbocycles. The molecule has 1 aromatic heterocycles. The standard InChI is InChI=1S/C13H22N6O.ClH/c20-13(9-19-10-15-16-17-19)18-7-3-12(4-8-18)11-1-5-14-6-2-11;/h10-12,14H,1-9H2;1H. The van der Waals surface area contributed by atoms with Crippen LogP contribution in [-0.2, 0) is 11.3 Å². The van der Waals surface area contributed by atoms with Crippen LogP contribution in [0.3, 0.4) is 0 Å². The lowest BCUT2D eigenvalue weighted by molar-refractivity contribution is -0.133. The number of hydrogen-bond acceptors (Lipinski definition) is 5. The van der Waals surface area contributed by atoms with Gasteiger partial charge in [-0.05, 0) is 61.0 Å². The summed E-state index contributed by atoms with van der Waals surface area (Å²) < 4.78 is 1.49. The molecule has 0 unspecified atom stereocenters. The zero-order valence-corrected chi connectivity index (χ0v) is 13.0. The predicted octanol–water partition coefficient (Wildman–Crippen LogP) is 0.333. The minimum Gasteiger partial charge on any atom is -0.341 e. The van der Waals surface area contributed by atoms with Crippen molar-refractivity contribution in [2.45, 2.75) is 32.2 Å². The van der Waals surface area contributed by atoms with E-state index in [1.165, 1.54) is 23.9 Å². The maximum absolute atomic E-state index is 12.1. The minimum absolute atomic E-state index is 0. The van der Waals surface area contributed by atoms with E-state index in [9.17, 15) is 4.79 Å². The van der Waals surface area contributed by atoms with Crippen molar-refractivity contribution in [1.82, 2.24) is 30.4 Å². The molecule has 2 aliphatic heterocycles. The maximum Gasteiger partial charge on any atom is 0.244 e. The molecule has 2 saturated heterocycles. The minimum atomic E-state index is 0. The summed E-state index contributed by atoms with van der Waals surface area (Å²) in [6.07, 6.45) is 6.37. The van der Waals surface area contributed by atoms with Crippen LogP contribution in [0.5, 0.6) is 0 Å². The molecule has 3 rings (SSSR count). The Morgan fingerprint density at radius 1 is 1.14 bits per heavy atom. The molecule has 2 aliphatic rings. The molecule has 118 valence electrons. The van der Waals surface area contributed by atoms with Crippen molar-refractivity contribution in [2.75, 3.05) is 26.2 Å². The first-order chi connectivity index (χ1) is 9.83. The molecule has 0 radical (unpaired) electrons. The molecular formula is C13H23ClN6O. The maximum atomic E-state index is 12.1. The van der Waals surface area contributed by atoms with Crippen molar-refractivity contribution in [1.29, 1.82) is 0 Å². The summed E-state index contributed by atoms with van der Waals surface area (Å²) in [5.41, 5.74) is 0. The molecule has 0 aliphatic carbocycles. The Balaban J connectivity index is 0.00000161. The van der Waals surface area contributed by atoms with E-state index < -0.39 is 0 Å². The van der Waals surface area contributed by atoms with Gasteiger partial charge in [0.1, 0.15) is 12.9 Å². The normalized spacial score (nSPS) is 21.0. The van der Waals surface area contributed by atoms with Gasteiger partial charge >= 0.3 is 0 Å². The Kier molecular flexibility index (Phi) is 5.93. The van der Waals surface area contributed by atoms with Gasteiger partial charge < -0.3 is 10.2 Å². The number of carbonyl (C=O) groups excluding carboxylic acids is 1. The van der Waals surface area contributed by atoms with Crippen LogP contribution in [0.25, 0.3) is 0 Å². The van der Waals surface area contributed by atoms with Gasteiger partial charge in [0.25, 0.3) is 0 Å². The summed E-state index contributed by atoms with van der Waals surface area (Å²) in [5.74, 6) is 1.78. The molecule has 0 bridgehead atoms. The average molecular weight is 315 g/mol. The van der Waals surface area contributed by atoms with Crippen LogP contribution < -0.4 is 5.32 Å². The molecule has 7 nitrogen and oxygen atoms in total. The Hall–Kier alpha value is -1.21. The van der Waals surface area contributed by atoms with Crippen LogP contribution in [0.4, 0.5) is 0 Å². The summed E-state index contributed by atoms with van der Waals surface area (Å²) in [7, 11) is 0. The number of nitrogens with zero attached hydrogens (tertiary/aromatic N) is 5. The summed E-state index contributed by atoms with van der Waals surface area (Å²) >= 11 is 0. The lowest BCUT2D eigenvalue weighted by Gasteiger charge is -2.37. The van der Waals surface area contributed by atoms with Crippen molar-refractivity contribution in [3.63, 3.8) is 0 Å². The highest BCUT2D eigenvalue weighted by molar-refractivity contribution is 5.85. The molecule has 0 atom stereocenters. The number of nitrogens with one attached hydrogen (secondary N) is 1. The Morgan fingerprint density at radius 3 is 2.43 bits per heavy atom. The van der Waals surface area contributed by atoms with Gasteiger partial charge in [-0.1, -0.05) is 0 Å². The summed E-state index contributed by atoms with van der Waals surface area (Å²) in [6.45, 7) is 4.34. The topological polar surface area (TPSA) is 75.9 Å². The van der Waals surface area contributed by atoms with E-state index in [1.54, 1.807) is 0 Å². The third-order valence-corrected chi connectivity index (χ3v) is 4.63. The van der Waals surface area contributed by atoms with Crippen molar-refractivity contribution < 1.29 is 4.79 Å². The molecule has 8 heteroatoms. The Bertz CT molecular complexity index is 426. The van der Waals surface area contributed by atoms with Gasteiger partial charge in [-0.3, -0.25) is 4.79 Å². The van der Waals surface area contributed by atoms with Crippen molar-refractivity contribution in [2.24, 2.45) is 11.8 Å². The van der Waals surface area contributed by atoms with Crippen LogP contribution in [0, 0.1) is 11.8 Å². The number of likely N-dealkylation sites (tertiary alicyclic amines) is 1. The van der Waals surface area contributed by atoms with Crippen LogP contribution in [0.2, 0.25) is 0 Å². The summed E-state index contributed by atoms with van der Waals surface area (Å²) in [4.78, 5) is 14.1. The van der Waals surface area contributed by atoms with E-state index in [4.69, 9.17) is 0 Å². The second-order valence-electron chi connectivity index (χ2n) is 5.81. The average Bonchev–Trinajstić information content (AvgIpc) is 3.01. The van der Waals surface area contributed by atoms with Gasteiger partial charge in [0.2, 0.25) is 5.91 Å². The second kappa shape index (κ2) is 7.70. The lowest BCUT2D eigenvalue weighted by atomic mass is 9.79. The zero-order chi connectivity index (χ0) is 13.8. The largest absolute Gasteiger partial charge is 0.341 e. The highest BCUT2D eigenvalue weighted by Crippen LogP contribution is 2.30. The number of aromatic nitrogens is 4. The van der Waals surface area contributed by atoms with E-state index in [-0.39, 0.29) is 24.9 Å². The molecule has 2 fully saturated rings. The first-order valence-electron chi connectivity index (χ1n) is 7.52. The van der Waals surface area contributed by atoms with E-state index in [1.807, 2.05) is 4.90 Å². The third-order valence-electron chi connectivity index (χ3n) is 4.63. The molecule has 0 aromatic carbocycles. The highest BCUT2D eigenvalue weighted by Gasteiger charge is 2.29. The number of halogens is 1. The fourth-order valence-electron chi connectivity index (χ4n) is 3.43. The third kappa shape index (κ3) is 4.14. The number of rotatable bonds is 3. The van der Waals surface area contributed by atoms with Gasteiger partial charge in [-0.2, -0.15) is 0 Å². The van der Waals surface area contributed by atoms with Crippen LogP contribution in [-0.4, -0.2) is 57.2 Å². The molecule has 1 amide bonds. The number of tetrazole rings is 1. The van der Waals surface area contributed by atoms with Gasteiger partial charge in [0.15, 0.2) is 0 Å². The first kappa shape index (κ1) is 16.2. The molecular weight excluding hydrogens is 292 g/mol. The number of amides is 1. The van der Waals surface area contributed by atoms with E-state index in [0.717, 1.165) is 50.9 Å². The molecule has 3 heterocycles. The van der Waals surface area contributed by atoms with Crippen LogP contribution in [0.15, 0.2) is 6.33 Å². The first-order valence-corrected chi connectivity index (χ1v) is 7.52. The summed E-state index contributed by atoms with van der Waals surface area (Å²) in [5, 5.41) is 14.3. The smallest absolute Gasteiger partial charge is 0.244 e. The predicted molar refractivity (Wildman–Crippen MR) is 80.0 cm³/mol. The van der Waals surface area contributed by atoms with Gasteiger partial charge in [0.05, 0.1) is 0 Å². The van der Waals surface area contributed by atoms with Crippen LogP contribution in [0.1, 0.15) is 25.7 Å². The van der Waals surface area contributed by atoms with E-state index >= 15 is 0 Å². The SMILES string of the molecule is Cl.O=C(Cn1cnnn1)N1CCC(C2CCNCC2)CC1. The number of piperidine rings is 2. The van der Waals surface area contributed by atoms with Gasteiger partial charge in [-0.25, -0.2) is 4.68 Å². The Labute approximate surface area is 130 Å². The molecule has 0 spiro atoms. The van der Waals surface area contributed by atoms with Gasteiger partial charge in [-0.15, -0.1) is 17.5 Å². The monoisotopic (exact) mass is 314 g/mol. The van der Waals surface area contributed by atoms with Crippen molar-refractivity contribution in [3.05, 3.63) is 6.33 Å². The molecule has 21 heavy (non-hydrogen) atoms. The van der Waals surface area contributed by atoms with Crippen LogP contribution >= 0.6 is 12.4 Å². The van der Waals surface area contributed by atoms with E-state index in [2.05, 4.69) is 20.8 Å². The fraction of sp³-hybridized carbons (Fsp3) is 0.846. The second-order valence-corrected chi connectivity index (χ2v) is 5.81. The van der Waals surface area contributed by atoms with Gasteiger partial charge in [0, 0.05) is 13.1 Å². The van der Waals surface area contributed by atoms with E-state index in [0.29, 0.717) is 0 Å². The molecule has 1 N–H and O–H groups in total. The Morgan fingerprint density at radius 2 is 1.81 bits per heavy atom. The van der Waals surface area contributed by atoms with Crippen molar-refractivity contribution in [3.8, 4) is 0 Å². The summed E-state index contributed by atoms with van der Waals surface area (Å²) in [6, 6.07) is 0. The zero-order valence-electron chi connectivity index (χ0n) is 12.1. The number of carbonyl (C=O) groups is 1. The fourth-order valence-corrected chi connectivity index (χ4v) is 3.43. The number of hydrogen-bond donors (Lipinski definition) is 1. The lowest BCUT2D eigenvalue weighted by Crippen LogP contribution is -2.43. The molecule has 1 aromatic rings. The van der Waals surface area contributed by atoms with Crippen molar-refractivity contribution >= 4 is 18.3 Å².